The first-order valence-corrected chi connectivity index (χ1v) is 6.43. The maximum atomic E-state index is 10.3. The van der Waals surface area contributed by atoms with Crippen molar-refractivity contribution < 1.29 is 29.2 Å². The molecule has 0 radical (unpaired) electrons. The molecule has 1 aliphatic heterocycles. The van der Waals surface area contributed by atoms with Crippen molar-refractivity contribution in [2.45, 2.75) is 13.0 Å². The first kappa shape index (κ1) is 14.6. The van der Waals surface area contributed by atoms with Crippen LogP contribution in [0.25, 0.3) is 0 Å². The van der Waals surface area contributed by atoms with Crippen molar-refractivity contribution in [3.8, 4) is 11.5 Å². The fourth-order valence-electron chi connectivity index (χ4n) is 1.83. The Bertz CT molecular complexity index is 473. The smallest absolute Gasteiger partial charge is 0.329 e. The number of aliphatic carboxylic acids is 1. The molecule has 1 aromatic rings. The van der Waals surface area contributed by atoms with Crippen molar-refractivity contribution >= 4 is 5.97 Å². The molecule has 110 valence electrons. The van der Waals surface area contributed by atoms with E-state index in [4.69, 9.17) is 19.3 Å². The number of carboxylic acid groups (broad SMARTS) is 1. The number of aliphatic hydroxyl groups is 1. The van der Waals surface area contributed by atoms with Gasteiger partial charge in [0.2, 0.25) is 0 Å². The van der Waals surface area contributed by atoms with E-state index in [1.807, 2.05) is 6.92 Å². The maximum absolute atomic E-state index is 10.3. The van der Waals surface area contributed by atoms with Crippen LogP contribution in [0.4, 0.5) is 0 Å². The van der Waals surface area contributed by atoms with E-state index in [0.717, 1.165) is 0 Å². The van der Waals surface area contributed by atoms with Crippen LogP contribution in [-0.2, 0) is 9.53 Å². The lowest BCUT2D eigenvalue weighted by Crippen LogP contribution is -2.13. The number of hydrogen-bond acceptors (Lipinski definition) is 5. The topological polar surface area (TPSA) is 85.2 Å². The van der Waals surface area contributed by atoms with E-state index in [0.29, 0.717) is 36.2 Å². The van der Waals surface area contributed by atoms with Gasteiger partial charge in [-0.25, -0.2) is 4.79 Å². The first-order valence-electron chi connectivity index (χ1n) is 6.43. The summed E-state index contributed by atoms with van der Waals surface area (Å²) < 4.78 is 16.1. The van der Waals surface area contributed by atoms with Gasteiger partial charge in [-0.05, 0) is 17.7 Å². The molecule has 0 amide bonds. The van der Waals surface area contributed by atoms with Gasteiger partial charge in [-0.2, -0.15) is 0 Å². The van der Waals surface area contributed by atoms with Crippen LogP contribution >= 0.6 is 0 Å². The van der Waals surface area contributed by atoms with E-state index in [9.17, 15) is 9.90 Å². The van der Waals surface area contributed by atoms with Crippen LogP contribution in [0, 0.1) is 5.92 Å². The molecule has 0 saturated carbocycles. The van der Waals surface area contributed by atoms with Crippen molar-refractivity contribution in [2.75, 3.05) is 26.4 Å². The molecule has 6 nitrogen and oxygen atoms in total. The zero-order valence-corrected chi connectivity index (χ0v) is 11.2. The standard InChI is InChI=1S/C14H18O6/c1-9-5-19-12-3-2-10(4-13(12)20-6-9)11(15)7-18-8-14(16)17/h2-4,9,11,15H,5-8H2,1H3,(H,16,17). The summed E-state index contributed by atoms with van der Waals surface area (Å²) in [5.74, 6) is 0.473. The summed E-state index contributed by atoms with van der Waals surface area (Å²) in [6.07, 6.45) is -0.899. The predicted octanol–water partition coefficient (Wildman–Crippen LogP) is 1.23. The van der Waals surface area contributed by atoms with Gasteiger partial charge in [-0.3, -0.25) is 0 Å². The predicted molar refractivity (Wildman–Crippen MR) is 70.0 cm³/mol. The number of benzene rings is 1. The monoisotopic (exact) mass is 282 g/mol. The lowest BCUT2D eigenvalue weighted by atomic mass is 10.1. The Kier molecular flexibility index (Phi) is 4.81. The van der Waals surface area contributed by atoms with Gasteiger partial charge in [0.05, 0.1) is 19.8 Å². The van der Waals surface area contributed by atoms with Crippen LogP contribution in [0.2, 0.25) is 0 Å². The Hall–Kier alpha value is -1.79. The average Bonchev–Trinajstić information content (AvgIpc) is 2.60. The molecule has 1 heterocycles. The molecule has 0 saturated heterocycles. The van der Waals surface area contributed by atoms with Gasteiger partial charge >= 0.3 is 5.97 Å². The minimum atomic E-state index is -1.06. The van der Waals surface area contributed by atoms with Gasteiger partial charge in [0.25, 0.3) is 0 Å². The van der Waals surface area contributed by atoms with Crippen molar-refractivity contribution in [1.82, 2.24) is 0 Å². The summed E-state index contributed by atoms with van der Waals surface area (Å²) in [7, 11) is 0. The van der Waals surface area contributed by atoms with Crippen molar-refractivity contribution in [1.29, 1.82) is 0 Å². The lowest BCUT2D eigenvalue weighted by molar-refractivity contribution is -0.143. The molecule has 20 heavy (non-hydrogen) atoms. The molecule has 0 aromatic heterocycles. The molecule has 2 rings (SSSR count). The zero-order chi connectivity index (χ0) is 14.5. The third-order valence-corrected chi connectivity index (χ3v) is 2.90. The highest BCUT2D eigenvalue weighted by Gasteiger charge is 2.17. The number of fused-ring (bicyclic) bond motifs is 1. The van der Waals surface area contributed by atoms with Gasteiger partial charge in [0, 0.05) is 5.92 Å². The average molecular weight is 282 g/mol. The molecule has 6 heteroatoms. The van der Waals surface area contributed by atoms with Gasteiger partial charge in [0.15, 0.2) is 11.5 Å². The van der Waals surface area contributed by atoms with Gasteiger partial charge < -0.3 is 24.4 Å². The van der Waals surface area contributed by atoms with Gasteiger partial charge in [0.1, 0.15) is 12.7 Å². The van der Waals surface area contributed by atoms with Crippen LogP contribution in [0.5, 0.6) is 11.5 Å². The Labute approximate surface area is 116 Å². The second kappa shape index (κ2) is 6.58. The molecule has 0 aliphatic carbocycles. The quantitative estimate of drug-likeness (QED) is 0.845. The molecule has 2 N–H and O–H groups in total. The normalized spacial score (nSPS) is 19.2. The van der Waals surface area contributed by atoms with E-state index in [2.05, 4.69) is 0 Å². The Morgan fingerprint density at radius 3 is 2.80 bits per heavy atom. The minimum Gasteiger partial charge on any atom is -0.489 e. The SMILES string of the molecule is CC1COc2ccc(C(O)COCC(=O)O)cc2OC1. The number of carboxylic acids is 1. The second-order valence-electron chi connectivity index (χ2n) is 4.86. The number of rotatable bonds is 5. The molecular weight excluding hydrogens is 264 g/mol. The van der Waals surface area contributed by atoms with Crippen LogP contribution in [0.15, 0.2) is 18.2 Å². The third-order valence-electron chi connectivity index (χ3n) is 2.90. The third kappa shape index (κ3) is 3.85. The van der Waals surface area contributed by atoms with E-state index >= 15 is 0 Å². The van der Waals surface area contributed by atoms with E-state index in [1.54, 1.807) is 18.2 Å². The molecule has 2 unspecified atom stereocenters. The molecule has 2 atom stereocenters. The van der Waals surface area contributed by atoms with E-state index in [1.165, 1.54) is 0 Å². The summed E-state index contributed by atoms with van der Waals surface area (Å²) in [6.45, 7) is 2.67. The summed E-state index contributed by atoms with van der Waals surface area (Å²) in [5, 5.41) is 18.4. The largest absolute Gasteiger partial charge is 0.489 e. The fourth-order valence-corrected chi connectivity index (χ4v) is 1.83. The van der Waals surface area contributed by atoms with Crippen molar-refractivity contribution in [3.05, 3.63) is 23.8 Å². The number of ether oxygens (including phenoxy) is 3. The highest BCUT2D eigenvalue weighted by Crippen LogP contribution is 2.33. The van der Waals surface area contributed by atoms with Crippen LogP contribution in [-0.4, -0.2) is 42.6 Å². The Morgan fingerprint density at radius 1 is 1.40 bits per heavy atom. The molecular formula is C14H18O6. The summed E-state index contributed by atoms with van der Waals surface area (Å²) in [6, 6.07) is 5.15. The molecule has 1 aromatic carbocycles. The first-order chi connectivity index (χ1) is 9.56. The van der Waals surface area contributed by atoms with Gasteiger partial charge in [-0.15, -0.1) is 0 Å². The minimum absolute atomic E-state index is 0.0810. The van der Waals surface area contributed by atoms with Crippen molar-refractivity contribution in [3.63, 3.8) is 0 Å². The number of carbonyl (C=O) groups is 1. The second-order valence-corrected chi connectivity index (χ2v) is 4.86. The summed E-state index contributed by atoms with van der Waals surface area (Å²) in [4.78, 5) is 10.3. The van der Waals surface area contributed by atoms with Crippen LogP contribution < -0.4 is 9.47 Å². The molecule has 1 aliphatic rings. The Morgan fingerprint density at radius 2 is 2.10 bits per heavy atom. The highest BCUT2D eigenvalue weighted by molar-refractivity contribution is 5.68. The maximum Gasteiger partial charge on any atom is 0.329 e. The van der Waals surface area contributed by atoms with Gasteiger partial charge in [-0.1, -0.05) is 13.0 Å². The molecule has 0 spiro atoms. The molecule has 0 fully saturated rings. The van der Waals surface area contributed by atoms with E-state index < -0.39 is 18.7 Å². The summed E-state index contributed by atoms with van der Waals surface area (Å²) >= 11 is 0. The molecule has 0 bridgehead atoms. The Balaban J connectivity index is 2.01. The summed E-state index contributed by atoms with van der Waals surface area (Å²) in [5.41, 5.74) is 0.604. The van der Waals surface area contributed by atoms with Crippen molar-refractivity contribution in [2.24, 2.45) is 5.92 Å². The zero-order valence-electron chi connectivity index (χ0n) is 11.2. The highest BCUT2D eigenvalue weighted by atomic mass is 16.5. The number of aliphatic hydroxyl groups excluding tert-OH is 1. The lowest BCUT2D eigenvalue weighted by Gasteiger charge is -2.13. The number of hydrogen-bond donors (Lipinski definition) is 2. The van der Waals surface area contributed by atoms with Crippen LogP contribution in [0.3, 0.4) is 0 Å². The fraction of sp³-hybridized carbons (Fsp3) is 0.500. The van der Waals surface area contributed by atoms with Crippen LogP contribution in [0.1, 0.15) is 18.6 Å². The van der Waals surface area contributed by atoms with E-state index in [-0.39, 0.29) is 6.61 Å².